The molecule has 2 aromatic rings. The van der Waals surface area contributed by atoms with E-state index in [2.05, 4.69) is 30.1 Å². The second-order valence-corrected chi connectivity index (χ2v) is 8.42. The third-order valence-electron chi connectivity index (χ3n) is 3.03. The molecule has 0 amide bonds. The Bertz CT molecular complexity index is 582. The van der Waals surface area contributed by atoms with Crippen molar-refractivity contribution in [2.45, 2.75) is 19.8 Å². The topological polar surface area (TPSA) is 45.8 Å². The molecule has 3 nitrogen and oxygen atoms in total. The van der Waals surface area contributed by atoms with Crippen LogP contribution in [0.2, 0.25) is 0 Å². The van der Waals surface area contributed by atoms with Crippen LogP contribution in [0.15, 0.2) is 30.5 Å². The van der Waals surface area contributed by atoms with Gasteiger partial charge >= 0.3 is 0 Å². The summed E-state index contributed by atoms with van der Waals surface area (Å²) in [4.78, 5) is 0. The zero-order valence-electron chi connectivity index (χ0n) is 11.3. The Kier molecular flexibility index (Phi) is 3.45. The monoisotopic (exact) mass is 262 g/mol. The van der Waals surface area contributed by atoms with E-state index in [0.717, 1.165) is 22.1 Å². The first-order valence-corrected chi connectivity index (χ1v) is 8.69. The first-order valence-electron chi connectivity index (χ1n) is 6.09. The number of aromatic nitrogens is 2. The summed E-state index contributed by atoms with van der Waals surface area (Å²) in [5.41, 5.74) is 3.14. The van der Waals surface area contributed by atoms with E-state index < -0.39 is 7.14 Å². The summed E-state index contributed by atoms with van der Waals surface area (Å²) in [7, 11) is -2.23. The molecule has 0 aliphatic carbocycles. The molecule has 2 rings (SSSR count). The molecule has 0 aliphatic rings. The third-order valence-corrected chi connectivity index (χ3v) is 4.59. The van der Waals surface area contributed by atoms with Gasteiger partial charge in [0.05, 0.1) is 5.69 Å². The van der Waals surface area contributed by atoms with Gasteiger partial charge in [-0.05, 0) is 36.9 Å². The highest BCUT2D eigenvalue weighted by Crippen LogP contribution is 2.38. The van der Waals surface area contributed by atoms with Crippen LogP contribution in [-0.2, 0) is 4.57 Å². The lowest BCUT2D eigenvalue weighted by molar-refractivity contribution is 0.588. The second kappa shape index (κ2) is 4.74. The lowest BCUT2D eigenvalue weighted by atomic mass is 9.99. The van der Waals surface area contributed by atoms with Crippen LogP contribution in [0.4, 0.5) is 0 Å². The molecule has 0 aliphatic heterocycles. The summed E-state index contributed by atoms with van der Waals surface area (Å²) in [6, 6.07) is 8.03. The fourth-order valence-electron chi connectivity index (χ4n) is 2.09. The van der Waals surface area contributed by atoms with Gasteiger partial charge in [-0.15, -0.1) is 0 Å². The minimum atomic E-state index is -2.23. The highest BCUT2D eigenvalue weighted by molar-refractivity contribution is 7.70. The summed E-state index contributed by atoms with van der Waals surface area (Å²) in [6.07, 6.45) is 1.81. The van der Waals surface area contributed by atoms with Crippen molar-refractivity contribution in [3.8, 4) is 11.3 Å². The van der Waals surface area contributed by atoms with Crippen LogP contribution in [0.1, 0.15) is 25.3 Å². The predicted octanol–water partition coefficient (Wildman–Crippen LogP) is 3.45. The predicted molar refractivity (Wildman–Crippen MR) is 77.2 cm³/mol. The molecule has 0 spiro atoms. The van der Waals surface area contributed by atoms with Crippen molar-refractivity contribution in [2.24, 2.45) is 0 Å². The number of nitrogens with zero attached hydrogens (tertiary/aromatic N) is 1. The maximum atomic E-state index is 12.3. The Morgan fingerprint density at radius 3 is 2.44 bits per heavy atom. The van der Waals surface area contributed by atoms with Gasteiger partial charge in [-0.2, -0.15) is 5.10 Å². The quantitative estimate of drug-likeness (QED) is 0.861. The molecule has 0 saturated carbocycles. The molecule has 0 saturated heterocycles. The van der Waals surface area contributed by atoms with Gasteiger partial charge in [-0.25, -0.2) is 0 Å². The smallest absolute Gasteiger partial charge is 0.110 e. The van der Waals surface area contributed by atoms with Gasteiger partial charge in [-0.3, -0.25) is 5.10 Å². The molecule has 0 radical (unpaired) electrons. The normalized spacial score (nSPS) is 12.1. The van der Waals surface area contributed by atoms with Crippen LogP contribution in [0, 0.1) is 0 Å². The molecular weight excluding hydrogens is 243 g/mol. The van der Waals surface area contributed by atoms with Gasteiger partial charge in [0.25, 0.3) is 0 Å². The Morgan fingerprint density at radius 2 is 1.94 bits per heavy atom. The molecule has 4 heteroatoms. The van der Waals surface area contributed by atoms with E-state index in [-0.39, 0.29) is 0 Å². The largest absolute Gasteiger partial charge is 0.319 e. The van der Waals surface area contributed by atoms with Crippen LogP contribution in [0.25, 0.3) is 11.3 Å². The molecule has 0 atom stereocenters. The lowest BCUT2D eigenvalue weighted by Crippen LogP contribution is -2.11. The number of H-pyrrole nitrogens is 1. The first-order chi connectivity index (χ1) is 8.39. The Hall–Kier alpha value is -1.34. The lowest BCUT2D eigenvalue weighted by Gasteiger charge is -2.17. The van der Waals surface area contributed by atoms with E-state index in [4.69, 9.17) is 0 Å². The standard InChI is InChI=1S/C14H19N2OP/c1-10(2)12-9-11(13-7-8-15-16-13)5-6-14(12)18(3,4)17/h5-10H,1-4H3,(H,15,16). The van der Waals surface area contributed by atoms with Crippen LogP contribution >= 0.6 is 7.14 Å². The number of nitrogens with one attached hydrogen (secondary N) is 1. The summed E-state index contributed by atoms with van der Waals surface area (Å²) < 4.78 is 12.3. The average molecular weight is 262 g/mol. The molecular formula is C14H19N2OP. The number of hydrogen-bond acceptors (Lipinski definition) is 2. The number of aromatic amines is 1. The second-order valence-electron chi connectivity index (χ2n) is 5.24. The highest BCUT2D eigenvalue weighted by Gasteiger charge is 2.18. The van der Waals surface area contributed by atoms with Crippen LogP contribution in [-0.4, -0.2) is 23.5 Å². The number of rotatable bonds is 3. The summed E-state index contributed by atoms with van der Waals surface area (Å²) in [6.45, 7) is 7.90. The van der Waals surface area contributed by atoms with Crippen molar-refractivity contribution < 1.29 is 4.57 Å². The van der Waals surface area contributed by atoms with Crippen molar-refractivity contribution in [3.05, 3.63) is 36.0 Å². The highest BCUT2D eigenvalue weighted by atomic mass is 31.2. The molecule has 1 aromatic carbocycles. The Labute approximate surface area is 108 Å². The minimum absolute atomic E-state index is 0.354. The summed E-state index contributed by atoms with van der Waals surface area (Å²) in [5, 5.41) is 7.98. The van der Waals surface area contributed by atoms with Crippen molar-refractivity contribution in [1.82, 2.24) is 10.2 Å². The van der Waals surface area contributed by atoms with Gasteiger partial charge in [0.2, 0.25) is 0 Å². The van der Waals surface area contributed by atoms with Crippen LogP contribution in [0.5, 0.6) is 0 Å². The minimum Gasteiger partial charge on any atom is -0.319 e. The zero-order chi connectivity index (χ0) is 13.3. The van der Waals surface area contributed by atoms with Gasteiger partial charge in [0.15, 0.2) is 0 Å². The molecule has 1 N–H and O–H groups in total. The van der Waals surface area contributed by atoms with Crippen molar-refractivity contribution >= 4 is 12.4 Å². The van der Waals surface area contributed by atoms with Gasteiger partial charge < -0.3 is 4.57 Å². The Morgan fingerprint density at radius 1 is 1.22 bits per heavy atom. The molecule has 0 bridgehead atoms. The molecule has 96 valence electrons. The first kappa shape index (κ1) is 13.1. The molecule has 1 heterocycles. The molecule has 18 heavy (non-hydrogen) atoms. The summed E-state index contributed by atoms with van der Waals surface area (Å²) in [5.74, 6) is 0.354. The van der Waals surface area contributed by atoms with E-state index >= 15 is 0 Å². The number of hydrogen-bond donors (Lipinski definition) is 1. The molecule has 0 fully saturated rings. The fourth-order valence-corrected chi connectivity index (χ4v) is 3.47. The zero-order valence-corrected chi connectivity index (χ0v) is 12.2. The van der Waals surface area contributed by atoms with E-state index in [1.165, 1.54) is 0 Å². The van der Waals surface area contributed by atoms with E-state index in [1.54, 1.807) is 0 Å². The Balaban J connectivity index is 2.58. The molecule has 0 unspecified atom stereocenters. The van der Waals surface area contributed by atoms with Crippen LogP contribution < -0.4 is 5.30 Å². The SMILES string of the molecule is CC(C)c1cc(-c2cc[nH]n2)ccc1P(C)(C)=O. The van der Waals surface area contributed by atoms with Crippen molar-refractivity contribution in [2.75, 3.05) is 13.3 Å². The maximum Gasteiger partial charge on any atom is 0.110 e. The van der Waals surface area contributed by atoms with Crippen LogP contribution in [0.3, 0.4) is 0 Å². The summed E-state index contributed by atoms with van der Waals surface area (Å²) >= 11 is 0. The fraction of sp³-hybridized carbons (Fsp3) is 0.357. The van der Waals surface area contributed by atoms with Gasteiger partial charge in [0.1, 0.15) is 7.14 Å². The van der Waals surface area contributed by atoms with E-state index in [9.17, 15) is 4.57 Å². The van der Waals surface area contributed by atoms with E-state index in [1.807, 2.05) is 37.7 Å². The van der Waals surface area contributed by atoms with E-state index in [0.29, 0.717) is 5.92 Å². The maximum absolute atomic E-state index is 12.3. The van der Waals surface area contributed by atoms with Gasteiger partial charge in [0, 0.05) is 17.1 Å². The third kappa shape index (κ3) is 2.56. The van der Waals surface area contributed by atoms with Gasteiger partial charge in [-0.1, -0.05) is 26.0 Å². The van der Waals surface area contributed by atoms with Crippen molar-refractivity contribution in [3.63, 3.8) is 0 Å². The van der Waals surface area contributed by atoms with Crippen molar-refractivity contribution in [1.29, 1.82) is 0 Å². The molecule has 1 aromatic heterocycles. The number of benzene rings is 1. The average Bonchev–Trinajstić information content (AvgIpc) is 2.80.